The highest BCUT2D eigenvalue weighted by molar-refractivity contribution is 7.09. The molecular weight excluding hydrogens is 388 g/mol. The van der Waals surface area contributed by atoms with Gasteiger partial charge in [0.1, 0.15) is 11.8 Å². The molecule has 0 saturated carbocycles. The number of hydrogen-bond donors (Lipinski definition) is 2. The molecule has 0 radical (unpaired) electrons. The smallest absolute Gasteiger partial charge is 0.307 e. The van der Waals surface area contributed by atoms with Crippen LogP contribution in [0, 0.1) is 11.3 Å². The van der Waals surface area contributed by atoms with Crippen molar-refractivity contribution in [2.45, 2.75) is 18.8 Å². The number of nitrogens with one attached hydrogen (secondary N) is 1. The van der Waals surface area contributed by atoms with Crippen LogP contribution in [0.2, 0.25) is 0 Å². The quantitative estimate of drug-likeness (QED) is 0.539. The number of thiazole rings is 1. The summed E-state index contributed by atoms with van der Waals surface area (Å²) in [5.41, 5.74) is 2.45. The Hall–Kier alpha value is -3.70. The molecular formula is C21H14N4O3S. The average Bonchev–Trinajstić information content (AvgIpc) is 3.29. The van der Waals surface area contributed by atoms with Crippen molar-refractivity contribution in [1.29, 1.82) is 5.26 Å². The maximum absolute atomic E-state index is 11.5. The molecule has 1 atom stereocenters. The van der Waals surface area contributed by atoms with Gasteiger partial charge in [-0.25, -0.2) is 0 Å². The molecule has 2 aromatic carbocycles. The number of nitriles is 1. The molecule has 0 amide bonds. The van der Waals surface area contributed by atoms with Gasteiger partial charge >= 0.3 is 4.87 Å². The molecule has 0 unspecified atom stereocenters. The first-order valence-electron chi connectivity index (χ1n) is 9.02. The number of H-pyrrole nitrogens is 1. The number of hydrogen-bond acceptors (Lipinski definition) is 7. The van der Waals surface area contributed by atoms with Crippen LogP contribution in [0.5, 0.6) is 17.5 Å². The number of aryl methyl sites for hydroxylation is 1. The molecule has 2 aromatic heterocycles. The fourth-order valence-electron chi connectivity index (χ4n) is 3.85. The first-order chi connectivity index (χ1) is 14.1. The number of nitrogens with zero attached hydrogens (tertiary/aromatic N) is 3. The third kappa shape index (κ3) is 2.92. The molecule has 7 nitrogen and oxygen atoms in total. The van der Waals surface area contributed by atoms with Crippen LogP contribution in [0.3, 0.4) is 0 Å². The van der Waals surface area contributed by atoms with Crippen LogP contribution in [-0.4, -0.2) is 20.3 Å². The lowest BCUT2D eigenvalue weighted by molar-refractivity contribution is 0.447. The molecule has 142 valence electrons. The third-order valence-corrected chi connectivity index (χ3v) is 6.12. The lowest BCUT2D eigenvalue weighted by Gasteiger charge is -2.11. The molecule has 4 aromatic rings. The van der Waals surface area contributed by atoms with Gasteiger partial charge in [0.2, 0.25) is 11.8 Å². The highest BCUT2D eigenvalue weighted by Gasteiger charge is 2.28. The Morgan fingerprint density at radius 2 is 2.03 bits per heavy atom. The lowest BCUT2D eigenvalue weighted by Crippen LogP contribution is -1.97. The van der Waals surface area contributed by atoms with Crippen molar-refractivity contribution in [2.24, 2.45) is 0 Å². The molecule has 0 spiro atoms. The molecule has 0 bridgehead atoms. The minimum atomic E-state index is -0.253. The van der Waals surface area contributed by atoms with Gasteiger partial charge in [-0.3, -0.25) is 9.78 Å². The van der Waals surface area contributed by atoms with Crippen molar-refractivity contribution < 1.29 is 9.84 Å². The summed E-state index contributed by atoms with van der Waals surface area (Å²) in [6.45, 7) is 0. The first kappa shape index (κ1) is 17.4. The largest absolute Gasteiger partial charge is 0.494 e. The molecule has 2 N–H and O–H groups in total. The van der Waals surface area contributed by atoms with E-state index in [1.807, 2.05) is 48.5 Å². The Morgan fingerprint density at radius 3 is 2.79 bits per heavy atom. The summed E-state index contributed by atoms with van der Waals surface area (Å²) in [6, 6.07) is 15.2. The zero-order valence-electron chi connectivity index (χ0n) is 15.0. The monoisotopic (exact) mass is 402 g/mol. The van der Waals surface area contributed by atoms with Crippen LogP contribution in [0.1, 0.15) is 34.0 Å². The second-order valence-electron chi connectivity index (χ2n) is 6.79. The molecule has 1 aliphatic carbocycles. The lowest BCUT2D eigenvalue weighted by atomic mass is 10.00. The third-order valence-electron chi connectivity index (χ3n) is 5.14. The first-order valence-corrected chi connectivity index (χ1v) is 9.84. The number of benzene rings is 2. The summed E-state index contributed by atoms with van der Waals surface area (Å²) in [7, 11) is 0. The van der Waals surface area contributed by atoms with Gasteiger partial charge < -0.3 is 9.84 Å². The predicted molar refractivity (Wildman–Crippen MR) is 108 cm³/mol. The molecule has 8 heteroatoms. The Bertz CT molecular complexity index is 1350. The summed E-state index contributed by atoms with van der Waals surface area (Å²) in [5.74, 6) is 0.923. The Balaban J connectivity index is 1.50. The van der Waals surface area contributed by atoms with Crippen LogP contribution in [0.4, 0.5) is 0 Å². The maximum atomic E-state index is 11.5. The molecule has 0 aliphatic heterocycles. The maximum Gasteiger partial charge on any atom is 0.307 e. The zero-order chi connectivity index (χ0) is 20.0. The number of fused-ring (bicyclic) bond motifs is 2. The van der Waals surface area contributed by atoms with Gasteiger partial charge in [0.25, 0.3) is 0 Å². The van der Waals surface area contributed by atoms with Gasteiger partial charge in [-0.05, 0) is 42.2 Å². The van der Waals surface area contributed by atoms with Crippen LogP contribution < -0.4 is 9.61 Å². The number of ether oxygens (including phenoxy) is 1. The van der Waals surface area contributed by atoms with Gasteiger partial charge in [0.05, 0.1) is 4.88 Å². The summed E-state index contributed by atoms with van der Waals surface area (Å²) >= 11 is 1.05. The van der Waals surface area contributed by atoms with E-state index in [9.17, 15) is 15.2 Å². The van der Waals surface area contributed by atoms with E-state index in [0.717, 1.165) is 40.7 Å². The Kier molecular flexibility index (Phi) is 4.03. The van der Waals surface area contributed by atoms with E-state index in [4.69, 9.17) is 4.74 Å². The minimum Gasteiger partial charge on any atom is -0.494 e. The second-order valence-corrected chi connectivity index (χ2v) is 7.81. The Labute approximate surface area is 168 Å². The molecule has 5 rings (SSSR count). The zero-order valence-corrected chi connectivity index (χ0v) is 15.9. The molecule has 0 saturated heterocycles. The highest BCUT2D eigenvalue weighted by Crippen LogP contribution is 2.43. The van der Waals surface area contributed by atoms with Gasteiger partial charge in [0.15, 0.2) is 5.69 Å². The van der Waals surface area contributed by atoms with Crippen molar-refractivity contribution in [3.63, 3.8) is 0 Å². The predicted octanol–water partition coefficient (Wildman–Crippen LogP) is 3.83. The van der Waals surface area contributed by atoms with E-state index in [1.54, 1.807) is 0 Å². The number of rotatable bonds is 3. The fraction of sp³-hybridized carbons (Fsp3) is 0.143. The average molecular weight is 402 g/mol. The van der Waals surface area contributed by atoms with Gasteiger partial charge in [0, 0.05) is 16.7 Å². The van der Waals surface area contributed by atoms with Crippen molar-refractivity contribution in [3.05, 3.63) is 73.8 Å². The molecule has 1 aliphatic rings. The molecule has 2 heterocycles. The van der Waals surface area contributed by atoms with Gasteiger partial charge in [-0.15, -0.1) is 10.2 Å². The van der Waals surface area contributed by atoms with Crippen LogP contribution in [-0.2, 0) is 6.42 Å². The highest BCUT2D eigenvalue weighted by atomic mass is 32.1. The van der Waals surface area contributed by atoms with E-state index in [2.05, 4.69) is 15.2 Å². The SMILES string of the molecule is N#Cc1nnc(Oc2ccc3c(c2)CC[C@H]3c2sc(=O)[nH]c2O)c2ccccc12. The van der Waals surface area contributed by atoms with E-state index in [-0.39, 0.29) is 22.4 Å². The standard InChI is InChI=1S/C21H14N4O3S/c22-10-17-14-3-1-2-4-16(14)20(25-24-17)28-12-6-8-13-11(9-12)5-7-15(13)18-19(26)23-21(27)29-18/h1-4,6,8-9,15,26H,5,7H2,(H,23,27)/t15-/m1/s1. The van der Waals surface area contributed by atoms with Crippen LogP contribution >= 0.6 is 11.3 Å². The fourth-order valence-corrected chi connectivity index (χ4v) is 4.73. The van der Waals surface area contributed by atoms with E-state index >= 15 is 0 Å². The second kappa shape index (κ2) is 6.72. The minimum absolute atomic E-state index is 0.00136. The van der Waals surface area contributed by atoms with Crippen molar-refractivity contribution >= 4 is 22.1 Å². The van der Waals surface area contributed by atoms with Crippen LogP contribution in [0.15, 0.2) is 47.3 Å². The van der Waals surface area contributed by atoms with Gasteiger partial charge in [-0.2, -0.15) is 5.26 Å². The Morgan fingerprint density at radius 1 is 1.21 bits per heavy atom. The van der Waals surface area contributed by atoms with Crippen molar-refractivity contribution in [2.75, 3.05) is 0 Å². The molecule has 29 heavy (non-hydrogen) atoms. The normalized spacial score (nSPS) is 15.2. The number of aromatic hydroxyl groups is 1. The van der Waals surface area contributed by atoms with Crippen LogP contribution in [0.25, 0.3) is 10.8 Å². The summed E-state index contributed by atoms with van der Waals surface area (Å²) in [4.78, 5) is 14.4. The van der Waals surface area contributed by atoms with Crippen molar-refractivity contribution in [3.8, 4) is 23.6 Å². The van der Waals surface area contributed by atoms with E-state index < -0.39 is 0 Å². The molecule has 0 fully saturated rings. The van der Waals surface area contributed by atoms with Gasteiger partial charge in [-0.1, -0.05) is 35.6 Å². The number of aromatic nitrogens is 3. The topological polar surface area (TPSA) is 112 Å². The van der Waals surface area contributed by atoms with E-state index in [1.165, 1.54) is 0 Å². The van der Waals surface area contributed by atoms with E-state index in [0.29, 0.717) is 21.9 Å². The van der Waals surface area contributed by atoms with Crippen molar-refractivity contribution in [1.82, 2.24) is 15.2 Å². The summed E-state index contributed by atoms with van der Waals surface area (Å²) in [6.07, 6.45) is 1.64. The summed E-state index contributed by atoms with van der Waals surface area (Å²) < 4.78 is 6.00. The summed E-state index contributed by atoms with van der Waals surface area (Å²) in [5, 5.41) is 28.7. The number of aromatic amines is 1.